The summed E-state index contributed by atoms with van der Waals surface area (Å²) in [6.07, 6.45) is 0. The number of hydrogen-bond donors (Lipinski definition) is 1. The summed E-state index contributed by atoms with van der Waals surface area (Å²) in [6, 6.07) is 6.38. The maximum atomic E-state index is 12.9. The van der Waals surface area contributed by atoms with E-state index >= 15 is 0 Å². The smallest absolute Gasteiger partial charge is 0.322 e. The largest absolute Gasteiger partial charge is 0.408 e. The number of anilines is 1. The van der Waals surface area contributed by atoms with Crippen molar-refractivity contribution in [2.45, 2.75) is 31.9 Å². The third kappa shape index (κ3) is 4.56. The lowest BCUT2D eigenvalue weighted by Crippen LogP contribution is -2.15. The third-order valence-corrected chi connectivity index (χ3v) is 4.19. The van der Waals surface area contributed by atoms with Crippen molar-refractivity contribution in [1.82, 2.24) is 10.2 Å². The van der Waals surface area contributed by atoms with Gasteiger partial charge in [-0.15, -0.1) is 16.9 Å². The van der Waals surface area contributed by atoms with Crippen molar-refractivity contribution in [2.75, 3.05) is 11.1 Å². The molecule has 0 spiro atoms. The van der Waals surface area contributed by atoms with Crippen molar-refractivity contribution >= 4 is 23.7 Å². The summed E-state index contributed by atoms with van der Waals surface area (Å²) >= 11 is 1.45. The molecule has 2 rings (SSSR count). The maximum Gasteiger partial charge on any atom is 0.322 e. The number of carbonyl (C=O) groups is 1. The lowest BCUT2D eigenvalue weighted by atomic mass is 10.2. The summed E-state index contributed by atoms with van der Waals surface area (Å²) in [5.74, 6) is 0.375. The Kier molecular flexibility index (Phi) is 5.54. The Bertz CT molecular complexity index is 628. The first-order valence-electron chi connectivity index (χ1n) is 6.96. The Morgan fingerprint density at radius 1 is 1.27 bits per heavy atom. The van der Waals surface area contributed by atoms with Crippen LogP contribution in [0.1, 0.15) is 43.4 Å². The molecule has 7 heteroatoms. The molecule has 1 aromatic carbocycles. The van der Waals surface area contributed by atoms with E-state index in [0.717, 1.165) is 5.56 Å². The van der Waals surface area contributed by atoms with E-state index in [1.807, 2.05) is 20.8 Å². The molecule has 1 atom stereocenters. The molecule has 5 nitrogen and oxygen atoms in total. The van der Waals surface area contributed by atoms with Crippen LogP contribution in [0.3, 0.4) is 0 Å². The SMILES string of the molecule is CC(C)c1nnc(NC(=O)CS[C@@H](C)c2ccc(F)cc2)o1. The monoisotopic (exact) mass is 323 g/mol. The van der Waals surface area contributed by atoms with Gasteiger partial charge in [0.1, 0.15) is 5.82 Å². The predicted octanol–water partition coefficient (Wildman–Crippen LogP) is 3.77. The molecular weight excluding hydrogens is 305 g/mol. The van der Waals surface area contributed by atoms with Gasteiger partial charge >= 0.3 is 6.01 Å². The van der Waals surface area contributed by atoms with Crippen molar-refractivity contribution < 1.29 is 13.6 Å². The molecule has 118 valence electrons. The summed E-state index contributed by atoms with van der Waals surface area (Å²) in [6.45, 7) is 5.83. The molecule has 2 aromatic rings. The van der Waals surface area contributed by atoms with Gasteiger partial charge in [0.2, 0.25) is 11.8 Å². The number of nitrogens with one attached hydrogen (secondary N) is 1. The Balaban J connectivity index is 1.83. The highest BCUT2D eigenvalue weighted by atomic mass is 32.2. The molecule has 0 saturated heterocycles. The van der Waals surface area contributed by atoms with Gasteiger partial charge in [0.25, 0.3) is 0 Å². The maximum absolute atomic E-state index is 12.9. The Labute approximate surface area is 132 Å². The van der Waals surface area contributed by atoms with Crippen molar-refractivity contribution in [3.63, 3.8) is 0 Å². The molecule has 0 bridgehead atoms. The van der Waals surface area contributed by atoms with Crippen LogP contribution in [-0.2, 0) is 4.79 Å². The molecule has 1 heterocycles. The molecule has 0 aliphatic rings. The normalized spacial score (nSPS) is 12.4. The fraction of sp³-hybridized carbons (Fsp3) is 0.400. The number of halogens is 1. The van der Waals surface area contributed by atoms with Crippen molar-refractivity contribution in [3.05, 3.63) is 41.5 Å². The van der Waals surface area contributed by atoms with Crippen LogP contribution < -0.4 is 5.32 Å². The van der Waals surface area contributed by atoms with Crippen LogP contribution in [0.2, 0.25) is 0 Å². The second-order valence-electron chi connectivity index (χ2n) is 5.15. The number of benzene rings is 1. The summed E-state index contributed by atoms with van der Waals surface area (Å²) < 4.78 is 18.2. The molecule has 1 aromatic heterocycles. The van der Waals surface area contributed by atoms with Gasteiger partial charge in [-0.05, 0) is 24.6 Å². The topological polar surface area (TPSA) is 68.0 Å². The summed E-state index contributed by atoms with van der Waals surface area (Å²) in [4.78, 5) is 11.9. The van der Waals surface area contributed by atoms with Crippen LogP contribution in [0.5, 0.6) is 0 Å². The highest BCUT2D eigenvalue weighted by Gasteiger charge is 2.14. The number of hydrogen-bond acceptors (Lipinski definition) is 5. The minimum atomic E-state index is -0.268. The zero-order valence-electron chi connectivity index (χ0n) is 12.7. The first-order chi connectivity index (χ1) is 10.5. The van der Waals surface area contributed by atoms with Gasteiger partial charge in [0.05, 0.1) is 5.75 Å². The quantitative estimate of drug-likeness (QED) is 0.876. The van der Waals surface area contributed by atoms with Gasteiger partial charge < -0.3 is 4.42 Å². The van der Waals surface area contributed by atoms with E-state index in [2.05, 4.69) is 15.5 Å². The second-order valence-corrected chi connectivity index (χ2v) is 6.48. The van der Waals surface area contributed by atoms with Crippen molar-refractivity contribution in [2.24, 2.45) is 0 Å². The van der Waals surface area contributed by atoms with E-state index in [0.29, 0.717) is 5.89 Å². The first kappa shape index (κ1) is 16.5. The van der Waals surface area contributed by atoms with Crippen LogP contribution in [0.4, 0.5) is 10.4 Å². The van der Waals surface area contributed by atoms with Crippen LogP contribution in [0.25, 0.3) is 0 Å². The van der Waals surface area contributed by atoms with Crippen molar-refractivity contribution in [1.29, 1.82) is 0 Å². The highest BCUT2D eigenvalue weighted by Crippen LogP contribution is 2.28. The Morgan fingerprint density at radius 3 is 2.55 bits per heavy atom. The van der Waals surface area contributed by atoms with E-state index < -0.39 is 0 Å². The van der Waals surface area contributed by atoms with E-state index in [4.69, 9.17) is 4.42 Å². The molecule has 0 aliphatic heterocycles. The molecule has 0 aliphatic carbocycles. The Hall–Kier alpha value is -1.89. The average Bonchev–Trinajstić information content (AvgIpc) is 2.94. The van der Waals surface area contributed by atoms with Crippen LogP contribution in [0.15, 0.2) is 28.7 Å². The standard InChI is InChI=1S/C15H18FN3O2S/c1-9(2)14-18-19-15(21-14)17-13(20)8-22-10(3)11-4-6-12(16)7-5-11/h4-7,9-10H,8H2,1-3H3,(H,17,19,20)/t10-/m0/s1. The first-order valence-corrected chi connectivity index (χ1v) is 8.01. The lowest BCUT2D eigenvalue weighted by molar-refractivity contribution is -0.113. The van der Waals surface area contributed by atoms with Crippen LogP contribution >= 0.6 is 11.8 Å². The van der Waals surface area contributed by atoms with Gasteiger partial charge in [-0.25, -0.2) is 4.39 Å². The second kappa shape index (κ2) is 7.40. The summed E-state index contributed by atoms with van der Waals surface area (Å²) in [7, 11) is 0. The van der Waals surface area contributed by atoms with Crippen LogP contribution in [0, 0.1) is 5.82 Å². The minimum Gasteiger partial charge on any atom is -0.408 e. The van der Waals surface area contributed by atoms with Gasteiger partial charge in [-0.2, -0.15) is 0 Å². The number of amides is 1. The summed E-state index contributed by atoms with van der Waals surface area (Å²) in [5, 5.41) is 10.3. The third-order valence-electron chi connectivity index (χ3n) is 2.98. The van der Waals surface area contributed by atoms with Crippen LogP contribution in [-0.4, -0.2) is 21.9 Å². The van der Waals surface area contributed by atoms with E-state index in [1.54, 1.807) is 12.1 Å². The van der Waals surface area contributed by atoms with E-state index in [1.165, 1.54) is 23.9 Å². The fourth-order valence-corrected chi connectivity index (χ4v) is 2.53. The van der Waals surface area contributed by atoms with Gasteiger partial charge in [0, 0.05) is 11.2 Å². The van der Waals surface area contributed by atoms with Gasteiger partial charge in [-0.1, -0.05) is 31.1 Å². The number of carbonyl (C=O) groups excluding carboxylic acids is 1. The number of rotatable bonds is 6. The van der Waals surface area contributed by atoms with E-state index in [-0.39, 0.29) is 34.7 Å². The zero-order valence-corrected chi connectivity index (χ0v) is 13.5. The van der Waals surface area contributed by atoms with Crippen molar-refractivity contribution in [3.8, 4) is 0 Å². The molecule has 1 amide bonds. The predicted molar refractivity (Wildman–Crippen MR) is 84.3 cm³/mol. The molecule has 22 heavy (non-hydrogen) atoms. The molecule has 0 unspecified atom stereocenters. The Morgan fingerprint density at radius 2 is 1.95 bits per heavy atom. The number of aromatic nitrogens is 2. The lowest BCUT2D eigenvalue weighted by Gasteiger charge is -2.10. The minimum absolute atomic E-state index is 0.0836. The average molecular weight is 323 g/mol. The molecule has 0 saturated carbocycles. The molecule has 0 radical (unpaired) electrons. The number of nitrogens with zero attached hydrogens (tertiary/aromatic N) is 2. The fourth-order valence-electron chi connectivity index (χ4n) is 1.70. The van der Waals surface area contributed by atoms with Gasteiger partial charge in [0.15, 0.2) is 0 Å². The molecular formula is C15H18FN3O2S. The number of thioether (sulfide) groups is 1. The van der Waals surface area contributed by atoms with E-state index in [9.17, 15) is 9.18 Å². The highest BCUT2D eigenvalue weighted by molar-refractivity contribution is 8.00. The molecule has 1 N–H and O–H groups in total. The van der Waals surface area contributed by atoms with Gasteiger partial charge in [-0.3, -0.25) is 10.1 Å². The zero-order chi connectivity index (χ0) is 16.1. The molecule has 0 fully saturated rings. The summed E-state index contributed by atoms with van der Waals surface area (Å²) in [5.41, 5.74) is 0.971.